The summed E-state index contributed by atoms with van der Waals surface area (Å²) >= 11 is 0. The molecule has 2 saturated heterocycles. The van der Waals surface area contributed by atoms with E-state index in [-0.39, 0.29) is 12.4 Å². The maximum atomic E-state index is 4.68. The fourth-order valence-corrected chi connectivity index (χ4v) is 3.98. The molecule has 0 saturated carbocycles. The fraction of sp³-hybridized carbons (Fsp3) is 0.450. The number of piperidine rings is 1. The van der Waals surface area contributed by atoms with Gasteiger partial charge >= 0.3 is 0 Å². The number of rotatable bonds is 4. The topological polar surface area (TPSA) is 31.4 Å². The minimum atomic E-state index is 0. The van der Waals surface area contributed by atoms with Gasteiger partial charge in [-0.2, -0.15) is 0 Å². The number of benzene rings is 1. The zero-order valence-electron chi connectivity index (χ0n) is 14.8. The minimum absolute atomic E-state index is 0. The summed E-state index contributed by atoms with van der Waals surface area (Å²) in [5.41, 5.74) is 2.47. The van der Waals surface area contributed by atoms with Crippen LogP contribution >= 0.6 is 12.4 Å². The number of nitrogens with zero attached hydrogens (tertiary/aromatic N) is 3. The molecule has 134 valence electrons. The Morgan fingerprint density at radius 1 is 1.08 bits per heavy atom. The number of anilines is 2. The van der Waals surface area contributed by atoms with Gasteiger partial charge in [-0.3, -0.25) is 4.90 Å². The third-order valence-corrected chi connectivity index (χ3v) is 5.24. The van der Waals surface area contributed by atoms with Crippen LogP contribution in [0.3, 0.4) is 0 Å². The third kappa shape index (κ3) is 4.32. The number of hydrogen-bond donors (Lipinski definition) is 1. The normalized spacial score (nSPS) is 22.9. The van der Waals surface area contributed by atoms with Crippen molar-refractivity contribution in [3.05, 3.63) is 54.2 Å². The van der Waals surface area contributed by atoms with Gasteiger partial charge in [-0.1, -0.05) is 30.7 Å². The summed E-state index contributed by atoms with van der Waals surface area (Å²) in [6, 6.07) is 16.1. The number of likely N-dealkylation sites (tertiary alicyclic amines) is 1. The van der Waals surface area contributed by atoms with Crippen molar-refractivity contribution in [3.63, 3.8) is 0 Å². The van der Waals surface area contributed by atoms with Gasteiger partial charge < -0.3 is 10.2 Å². The number of hydrogen-bond acceptors (Lipinski definition) is 4. The lowest BCUT2D eigenvalue weighted by molar-refractivity contribution is 0.119. The van der Waals surface area contributed by atoms with Crippen LogP contribution in [0.4, 0.5) is 11.5 Å². The Bertz CT molecular complexity index is 649. The smallest absolute Gasteiger partial charge is 0.132 e. The molecule has 0 spiro atoms. The van der Waals surface area contributed by atoms with Crippen LogP contribution in [0.25, 0.3) is 0 Å². The lowest BCUT2D eigenvalue weighted by atomic mass is 9.94. The molecule has 4 rings (SSSR count). The molecule has 2 aliphatic rings. The first-order chi connectivity index (χ1) is 11.8. The standard InChI is InChI=1S/C20H26N4.ClH/c1-23(19-8-3-2-4-9-19)20-11-10-16(12-21-20)13-24-14-17-6-5-7-18(15-24)22-17;/h2-4,8-12,17-18,22H,5-7,13-15H2,1H3;1H. The van der Waals surface area contributed by atoms with E-state index < -0.39 is 0 Å². The van der Waals surface area contributed by atoms with Crippen LogP contribution in [0.5, 0.6) is 0 Å². The van der Waals surface area contributed by atoms with Crippen molar-refractivity contribution in [2.24, 2.45) is 0 Å². The molecule has 1 N–H and O–H groups in total. The average molecular weight is 359 g/mol. The monoisotopic (exact) mass is 358 g/mol. The lowest BCUT2D eigenvalue weighted by Gasteiger charge is -2.42. The Morgan fingerprint density at radius 3 is 2.44 bits per heavy atom. The molecule has 2 aromatic rings. The maximum absolute atomic E-state index is 4.68. The van der Waals surface area contributed by atoms with Gasteiger partial charge in [0, 0.05) is 50.6 Å². The summed E-state index contributed by atoms with van der Waals surface area (Å²) in [5.74, 6) is 0.988. The van der Waals surface area contributed by atoms with Crippen molar-refractivity contribution in [1.82, 2.24) is 15.2 Å². The van der Waals surface area contributed by atoms with Crippen molar-refractivity contribution >= 4 is 23.9 Å². The van der Waals surface area contributed by atoms with E-state index in [4.69, 9.17) is 0 Å². The van der Waals surface area contributed by atoms with Gasteiger partial charge in [0.05, 0.1) is 0 Å². The second kappa shape index (κ2) is 8.17. The number of para-hydroxylation sites is 1. The largest absolute Gasteiger partial charge is 0.329 e. The molecule has 4 nitrogen and oxygen atoms in total. The Morgan fingerprint density at radius 2 is 1.80 bits per heavy atom. The van der Waals surface area contributed by atoms with E-state index in [1.807, 2.05) is 12.3 Å². The highest BCUT2D eigenvalue weighted by Gasteiger charge is 2.29. The molecular formula is C20H27ClN4. The zero-order chi connectivity index (χ0) is 16.4. The predicted octanol–water partition coefficient (Wildman–Crippen LogP) is 3.60. The van der Waals surface area contributed by atoms with Crippen LogP contribution < -0.4 is 10.2 Å². The fourth-order valence-electron chi connectivity index (χ4n) is 3.98. The first-order valence-corrected chi connectivity index (χ1v) is 9.00. The molecule has 2 unspecified atom stereocenters. The van der Waals surface area contributed by atoms with Gasteiger partial charge in [-0.25, -0.2) is 4.98 Å². The third-order valence-electron chi connectivity index (χ3n) is 5.24. The predicted molar refractivity (Wildman–Crippen MR) is 106 cm³/mol. The van der Waals surface area contributed by atoms with Gasteiger partial charge in [-0.05, 0) is 36.6 Å². The lowest BCUT2D eigenvalue weighted by Crippen LogP contribution is -2.58. The molecule has 2 fully saturated rings. The second-order valence-corrected chi connectivity index (χ2v) is 7.10. The number of piperazine rings is 1. The van der Waals surface area contributed by atoms with Crippen molar-refractivity contribution in [2.75, 3.05) is 25.0 Å². The van der Waals surface area contributed by atoms with E-state index in [1.165, 1.54) is 37.9 Å². The molecular weight excluding hydrogens is 332 g/mol. The van der Waals surface area contributed by atoms with E-state index in [1.54, 1.807) is 0 Å². The average Bonchev–Trinajstić information content (AvgIpc) is 2.62. The molecule has 1 aromatic carbocycles. The quantitative estimate of drug-likeness (QED) is 0.904. The second-order valence-electron chi connectivity index (χ2n) is 7.10. The molecule has 3 heterocycles. The number of fused-ring (bicyclic) bond motifs is 2. The van der Waals surface area contributed by atoms with E-state index >= 15 is 0 Å². The summed E-state index contributed by atoms with van der Waals surface area (Å²) in [7, 11) is 2.06. The maximum Gasteiger partial charge on any atom is 0.132 e. The molecule has 25 heavy (non-hydrogen) atoms. The van der Waals surface area contributed by atoms with Crippen molar-refractivity contribution in [2.45, 2.75) is 37.9 Å². The van der Waals surface area contributed by atoms with Crippen LogP contribution in [0.2, 0.25) is 0 Å². The van der Waals surface area contributed by atoms with Gasteiger partial charge in [0.2, 0.25) is 0 Å². The summed E-state index contributed by atoms with van der Waals surface area (Å²) in [5, 5.41) is 3.75. The highest BCUT2D eigenvalue weighted by molar-refractivity contribution is 5.85. The highest BCUT2D eigenvalue weighted by Crippen LogP contribution is 2.23. The molecule has 0 amide bonds. The Kier molecular flexibility index (Phi) is 5.94. The van der Waals surface area contributed by atoms with Crippen molar-refractivity contribution in [3.8, 4) is 0 Å². The number of halogens is 1. The Labute approximate surface area is 156 Å². The summed E-state index contributed by atoms with van der Waals surface area (Å²) in [6.07, 6.45) is 6.07. The molecule has 2 bridgehead atoms. The van der Waals surface area contributed by atoms with E-state index in [0.717, 1.165) is 18.1 Å². The van der Waals surface area contributed by atoms with Gasteiger partial charge in [-0.15, -0.1) is 12.4 Å². The minimum Gasteiger partial charge on any atom is -0.329 e. The van der Waals surface area contributed by atoms with Crippen LogP contribution in [-0.2, 0) is 6.54 Å². The van der Waals surface area contributed by atoms with E-state index in [2.05, 4.69) is 63.5 Å². The summed E-state index contributed by atoms with van der Waals surface area (Å²) in [4.78, 5) is 9.39. The Hall–Kier alpha value is -1.62. The van der Waals surface area contributed by atoms with E-state index in [9.17, 15) is 0 Å². The van der Waals surface area contributed by atoms with Crippen LogP contribution in [-0.4, -0.2) is 42.1 Å². The molecule has 2 atom stereocenters. The summed E-state index contributed by atoms with van der Waals surface area (Å²) in [6.45, 7) is 3.35. The molecule has 5 heteroatoms. The molecule has 1 aromatic heterocycles. The summed E-state index contributed by atoms with van der Waals surface area (Å²) < 4.78 is 0. The Balaban J connectivity index is 0.00000182. The van der Waals surface area contributed by atoms with Crippen molar-refractivity contribution in [1.29, 1.82) is 0 Å². The van der Waals surface area contributed by atoms with E-state index in [0.29, 0.717) is 12.1 Å². The zero-order valence-corrected chi connectivity index (χ0v) is 15.6. The van der Waals surface area contributed by atoms with Crippen molar-refractivity contribution < 1.29 is 0 Å². The van der Waals surface area contributed by atoms with Crippen LogP contribution in [0.1, 0.15) is 24.8 Å². The number of aromatic nitrogens is 1. The van der Waals surface area contributed by atoms with Gasteiger partial charge in [0.25, 0.3) is 0 Å². The highest BCUT2D eigenvalue weighted by atomic mass is 35.5. The van der Waals surface area contributed by atoms with Gasteiger partial charge in [0.1, 0.15) is 5.82 Å². The SMILES string of the molecule is CN(c1ccccc1)c1ccc(CN2CC3CCCC(C2)N3)cn1.Cl. The van der Waals surface area contributed by atoms with Crippen LogP contribution in [0.15, 0.2) is 48.7 Å². The number of pyridine rings is 1. The van der Waals surface area contributed by atoms with Gasteiger partial charge in [0.15, 0.2) is 0 Å². The first kappa shape index (κ1) is 18.2. The van der Waals surface area contributed by atoms with Crippen LogP contribution in [0, 0.1) is 0 Å². The molecule has 0 aliphatic carbocycles. The first-order valence-electron chi connectivity index (χ1n) is 9.00. The molecule has 2 aliphatic heterocycles. The molecule has 0 radical (unpaired) electrons. The number of nitrogens with one attached hydrogen (secondary N) is 1.